The first-order valence-corrected chi connectivity index (χ1v) is 6.98. The van der Waals surface area contributed by atoms with Crippen LogP contribution in [0.5, 0.6) is 0 Å². The molecule has 1 amide bonds. The molecule has 1 aliphatic rings. The molecule has 3 rings (SSSR count). The highest BCUT2D eigenvalue weighted by molar-refractivity contribution is 5.78. The normalized spacial score (nSPS) is 15.7. The van der Waals surface area contributed by atoms with Crippen molar-refractivity contribution in [1.29, 1.82) is 0 Å². The van der Waals surface area contributed by atoms with Crippen molar-refractivity contribution >= 4 is 5.91 Å². The van der Waals surface area contributed by atoms with Crippen molar-refractivity contribution in [3.05, 3.63) is 58.5 Å². The largest absolute Gasteiger partial charge is 0.354 e. The Morgan fingerprint density at radius 1 is 1.05 bits per heavy atom. The van der Waals surface area contributed by atoms with Gasteiger partial charge in [-0.05, 0) is 22.8 Å². The summed E-state index contributed by atoms with van der Waals surface area (Å²) in [6, 6.07) is 11.6. The van der Waals surface area contributed by atoms with E-state index >= 15 is 0 Å². The van der Waals surface area contributed by atoms with Crippen LogP contribution < -0.4 is 10.9 Å². The standard InChI is InChI=1S/C16H17N3O2/c20-15-9-14(5-6-17-15)13-3-1-12(2-4-13)10-19-8-7-18-16(21)11-19/h1-6,9H,7-8,10-11H2,(H,17,20)(H,18,21). The zero-order valence-corrected chi connectivity index (χ0v) is 11.6. The van der Waals surface area contributed by atoms with Crippen LogP contribution in [0, 0.1) is 0 Å². The number of piperazine rings is 1. The van der Waals surface area contributed by atoms with Crippen molar-refractivity contribution in [2.24, 2.45) is 0 Å². The van der Waals surface area contributed by atoms with E-state index in [0.29, 0.717) is 13.1 Å². The molecule has 1 aromatic carbocycles. The number of hydrogen-bond acceptors (Lipinski definition) is 3. The molecule has 2 heterocycles. The second kappa shape index (κ2) is 5.93. The summed E-state index contributed by atoms with van der Waals surface area (Å²) in [4.78, 5) is 27.4. The summed E-state index contributed by atoms with van der Waals surface area (Å²) in [5.41, 5.74) is 2.98. The fourth-order valence-corrected chi connectivity index (χ4v) is 2.51. The molecule has 1 aliphatic heterocycles. The predicted octanol–water partition coefficient (Wildman–Crippen LogP) is 0.974. The van der Waals surface area contributed by atoms with Gasteiger partial charge in [0.1, 0.15) is 0 Å². The lowest BCUT2D eigenvalue weighted by molar-refractivity contribution is -0.124. The Morgan fingerprint density at radius 2 is 1.86 bits per heavy atom. The lowest BCUT2D eigenvalue weighted by atomic mass is 10.0. The van der Waals surface area contributed by atoms with Crippen LogP contribution in [-0.4, -0.2) is 35.4 Å². The fourth-order valence-electron chi connectivity index (χ4n) is 2.51. The number of rotatable bonds is 3. The summed E-state index contributed by atoms with van der Waals surface area (Å²) >= 11 is 0. The van der Waals surface area contributed by atoms with Crippen molar-refractivity contribution in [2.45, 2.75) is 6.54 Å². The number of pyridine rings is 1. The SMILES string of the molecule is O=C1CN(Cc2ccc(-c3cc[nH]c(=O)c3)cc2)CCN1. The van der Waals surface area contributed by atoms with E-state index in [9.17, 15) is 9.59 Å². The minimum atomic E-state index is -0.101. The molecule has 0 saturated carbocycles. The van der Waals surface area contributed by atoms with Crippen LogP contribution in [0.3, 0.4) is 0 Å². The van der Waals surface area contributed by atoms with Crippen molar-refractivity contribution in [3.8, 4) is 11.1 Å². The molecule has 0 aliphatic carbocycles. The first kappa shape index (κ1) is 13.6. The Bertz CT molecular complexity index is 691. The highest BCUT2D eigenvalue weighted by Gasteiger charge is 2.15. The average molecular weight is 283 g/mol. The summed E-state index contributed by atoms with van der Waals surface area (Å²) in [6.07, 6.45) is 1.65. The molecule has 2 aromatic rings. The Kier molecular flexibility index (Phi) is 3.83. The molecule has 0 spiro atoms. The third-order valence-corrected chi connectivity index (χ3v) is 3.59. The van der Waals surface area contributed by atoms with Crippen LogP contribution in [0.25, 0.3) is 11.1 Å². The van der Waals surface area contributed by atoms with Gasteiger partial charge >= 0.3 is 0 Å². The van der Waals surface area contributed by atoms with Gasteiger partial charge in [0.05, 0.1) is 6.54 Å². The minimum Gasteiger partial charge on any atom is -0.354 e. The second-order valence-corrected chi connectivity index (χ2v) is 5.20. The van der Waals surface area contributed by atoms with Gasteiger partial charge in [-0.1, -0.05) is 24.3 Å². The Hall–Kier alpha value is -2.40. The number of nitrogens with one attached hydrogen (secondary N) is 2. The summed E-state index contributed by atoms with van der Waals surface area (Å²) in [5, 5.41) is 2.82. The van der Waals surface area contributed by atoms with Gasteiger partial charge in [0, 0.05) is 31.9 Å². The number of hydrogen-bond donors (Lipinski definition) is 2. The summed E-state index contributed by atoms with van der Waals surface area (Å²) in [7, 11) is 0. The maximum Gasteiger partial charge on any atom is 0.248 e. The molecule has 1 saturated heterocycles. The number of carbonyl (C=O) groups is 1. The second-order valence-electron chi connectivity index (χ2n) is 5.20. The van der Waals surface area contributed by atoms with E-state index in [2.05, 4.69) is 15.2 Å². The Morgan fingerprint density at radius 3 is 2.57 bits per heavy atom. The van der Waals surface area contributed by atoms with E-state index in [1.54, 1.807) is 12.3 Å². The molecule has 0 unspecified atom stereocenters. The predicted molar refractivity (Wildman–Crippen MR) is 80.8 cm³/mol. The monoisotopic (exact) mass is 283 g/mol. The smallest absolute Gasteiger partial charge is 0.248 e. The molecule has 21 heavy (non-hydrogen) atoms. The van der Waals surface area contributed by atoms with E-state index < -0.39 is 0 Å². The fraction of sp³-hybridized carbons (Fsp3) is 0.250. The molecular formula is C16H17N3O2. The van der Waals surface area contributed by atoms with Gasteiger partial charge in [0.15, 0.2) is 0 Å². The third kappa shape index (κ3) is 3.38. The van der Waals surface area contributed by atoms with Crippen molar-refractivity contribution < 1.29 is 4.79 Å². The molecule has 0 radical (unpaired) electrons. The number of benzene rings is 1. The Balaban J connectivity index is 1.72. The lowest BCUT2D eigenvalue weighted by Gasteiger charge is -2.26. The van der Waals surface area contributed by atoms with Crippen molar-refractivity contribution in [1.82, 2.24) is 15.2 Å². The number of H-pyrrole nitrogens is 1. The van der Waals surface area contributed by atoms with Crippen LogP contribution in [0.2, 0.25) is 0 Å². The van der Waals surface area contributed by atoms with Gasteiger partial charge in [-0.2, -0.15) is 0 Å². The van der Waals surface area contributed by atoms with Crippen molar-refractivity contribution in [2.75, 3.05) is 19.6 Å². The van der Waals surface area contributed by atoms with E-state index in [-0.39, 0.29) is 11.5 Å². The molecule has 5 heteroatoms. The number of aromatic nitrogens is 1. The molecule has 5 nitrogen and oxygen atoms in total. The summed E-state index contributed by atoms with van der Waals surface area (Å²) < 4.78 is 0. The molecule has 108 valence electrons. The molecule has 2 N–H and O–H groups in total. The number of amides is 1. The van der Waals surface area contributed by atoms with Crippen LogP contribution >= 0.6 is 0 Å². The molecule has 0 atom stereocenters. The maximum absolute atomic E-state index is 11.3. The van der Waals surface area contributed by atoms with E-state index in [4.69, 9.17) is 0 Å². The first-order chi connectivity index (χ1) is 10.2. The average Bonchev–Trinajstić information content (AvgIpc) is 2.48. The van der Waals surface area contributed by atoms with Crippen LogP contribution in [0.1, 0.15) is 5.56 Å². The topological polar surface area (TPSA) is 65.2 Å². The zero-order chi connectivity index (χ0) is 14.7. The van der Waals surface area contributed by atoms with Gasteiger partial charge in [0.2, 0.25) is 11.5 Å². The van der Waals surface area contributed by atoms with Gasteiger partial charge in [-0.3, -0.25) is 14.5 Å². The van der Waals surface area contributed by atoms with E-state index in [0.717, 1.165) is 24.2 Å². The number of nitrogens with zero attached hydrogens (tertiary/aromatic N) is 1. The molecule has 0 bridgehead atoms. The third-order valence-electron chi connectivity index (χ3n) is 3.59. The Labute approximate surface area is 122 Å². The van der Waals surface area contributed by atoms with Crippen LogP contribution in [0.4, 0.5) is 0 Å². The maximum atomic E-state index is 11.3. The number of carbonyl (C=O) groups excluding carboxylic acids is 1. The van der Waals surface area contributed by atoms with Gasteiger partial charge in [0.25, 0.3) is 0 Å². The van der Waals surface area contributed by atoms with E-state index in [1.807, 2.05) is 30.3 Å². The van der Waals surface area contributed by atoms with Gasteiger partial charge in [-0.15, -0.1) is 0 Å². The first-order valence-electron chi connectivity index (χ1n) is 6.98. The zero-order valence-electron chi connectivity index (χ0n) is 11.6. The highest BCUT2D eigenvalue weighted by Crippen LogP contribution is 2.18. The highest BCUT2D eigenvalue weighted by atomic mass is 16.2. The number of aromatic amines is 1. The summed E-state index contributed by atoms with van der Waals surface area (Å²) in [6.45, 7) is 2.81. The van der Waals surface area contributed by atoms with Crippen molar-refractivity contribution in [3.63, 3.8) is 0 Å². The van der Waals surface area contributed by atoms with Crippen LogP contribution in [0.15, 0.2) is 47.4 Å². The minimum absolute atomic E-state index is 0.0846. The van der Waals surface area contributed by atoms with Crippen LogP contribution in [-0.2, 0) is 11.3 Å². The summed E-state index contributed by atoms with van der Waals surface area (Å²) in [5.74, 6) is 0.0846. The van der Waals surface area contributed by atoms with E-state index in [1.165, 1.54) is 5.56 Å². The molecule has 1 aromatic heterocycles. The van der Waals surface area contributed by atoms with Gasteiger partial charge < -0.3 is 10.3 Å². The van der Waals surface area contributed by atoms with Gasteiger partial charge in [-0.25, -0.2) is 0 Å². The quantitative estimate of drug-likeness (QED) is 0.882. The molecule has 1 fully saturated rings. The lowest BCUT2D eigenvalue weighted by Crippen LogP contribution is -2.47. The molecular weight excluding hydrogens is 266 g/mol.